The molecule has 0 aromatic rings. The fourth-order valence-corrected chi connectivity index (χ4v) is 3.31. The maximum Gasteiger partial charge on any atom is 0.292 e. The summed E-state index contributed by atoms with van der Waals surface area (Å²) in [7, 11) is 4.87. The molecule has 38 heavy (non-hydrogen) atoms. The molecule has 0 radical (unpaired) electrons. The Balaban J connectivity index is 4.64. The Morgan fingerprint density at radius 2 is 1.21 bits per heavy atom. The van der Waals surface area contributed by atoms with Gasteiger partial charge in [0.25, 0.3) is 6.03 Å². The van der Waals surface area contributed by atoms with Crippen LogP contribution in [0, 0.1) is 5.92 Å². The molecule has 0 unspecified atom stereocenters. The Morgan fingerprint density at radius 1 is 0.684 bits per heavy atom. The van der Waals surface area contributed by atoms with Gasteiger partial charge in [0.2, 0.25) is 47.6 Å². The van der Waals surface area contributed by atoms with Gasteiger partial charge in [0, 0.05) is 44.8 Å². The third-order valence-corrected chi connectivity index (χ3v) is 5.78. The summed E-state index contributed by atoms with van der Waals surface area (Å²) in [5.74, 6) is -1.15. The molecule has 12 nitrogen and oxygen atoms in total. The van der Waals surface area contributed by atoms with Crippen molar-refractivity contribution in [1.29, 1.82) is 0 Å². The molecule has 0 spiro atoms. The summed E-state index contributed by atoms with van der Waals surface area (Å²) in [5, 5.41) is 13.4. The van der Waals surface area contributed by atoms with E-state index in [1.54, 1.807) is 23.9 Å². The van der Waals surface area contributed by atoms with Crippen molar-refractivity contribution >= 4 is 59.4 Å². The highest BCUT2D eigenvalue weighted by Crippen LogP contribution is 2.07. The van der Waals surface area contributed by atoms with Gasteiger partial charge in [0.05, 0.1) is 6.42 Å². The van der Waals surface area contributed by atoms with Crippen molar-refractivity contribution in [3.8, 4) is 0 Å². The van der Waals surface area contributed by atoms with Gasteiger partial charge in [-0.1, -0.05) is 13.8 Å². The molecule has 15 heteroatoms. The summed E-state index contributed by atoms with van der Waals surface area (Å²) < 4.78 is 1.44. The van der Waals surface area contributed by atoms with Gasteiger partial charge in [-0.05, 0) is 38.5 Å². The highest BCUT2D eigenvalue weighted by molar-refractivity contribution is 6.33. The minimum Gasteiger partial charge on any atom is -0.425 e. The average molecular weight is 534 g/mol. The first-order valence-corrected chi connectivity index (χ1v) is 13.5. The van der Waals surface area contributed by atoms with Crippen LogP contribution in [0.25, 0.3) is 0 Å². The summed E-state index contributed by atoms with van der Waals surface area (Å²) >= 11 is 0. The van der Waals surface area contributed by atoms with Gasteiger partial charge < -0.3 is 31.2 Å². The molecule has 0 rings (SSSR count). The zero-order chi connectivity index (χ0) is 28.9. The van der Waals surface area contributed by atoms with Crippen molar-refractivity contribution in [2.75, 3.05) is 19.6 Å². The standard InChI is InChI=1S/C23H45B3N6O6/c1-16(2)18(33)9-3-4-10-19(34)30-17(22(37)28-13-6-5-11-20(35)31-24)15-21(36)27-12-7-8-14-29-23(38)32(25)26/h16-17H,3-15,24-26H2,1-2H3,(H,27,36)(H,28,37)(H,29,38)(H,30,34)(H,31,35)/t17-/m0/s1. The van der Waals surface area contributed by atoms with Crippen molar-refractivity contribution < 1.29 is 28.8 Å². The quantitative estimate of drug-likeness (QED) is 0.0864. The Morgan fingerprint density at radius 3 is 1.82 bits per heavy atom. The molecule has 0 fully saturated rings. The lowest BCUT2D eigenvalue weighted by Crippen LogP contribution is -2.49. The van der Waals surface area contributed by atoms with E-state index in [-0.39, 0.29) is 48.3 Å². The number of nitrogens with zero attached hydrogens (tertiary/aromatic N) is 1. The SMILES string of the molecule is BNC(=O)CCCCNC(=O)[C@H](CC(=O)NCCCCNC(=O)N(B)B)NC(=O)CCCCC(=O)C(C)C. The predicted molar refractivity (Wildman–Crippen MR) is 153 cm³/mol. The van der Waals surface area contributed by atoms with Crippen LogP contribution in [0.3, 0.4) is 0 Å². The van der Waals surface area contributed by atoms with E-state index in [9.17, 15) is 28.8 Å². The maximum absolute atomic E-state index is 12.7. The van der Waals surface area contributed by atoms with E-state index in [0.29, 0.717) is 71.0 Å². The smallest absolute Gasteiger partial charge is 0.292 e. The second-order valence-corrected chi connectivity index (χ2v) is 9.76. The molecule has 0 aromatic heterocycles. The van der Waals surface area contributed by atoms with Crippen molar-refractivity contribution in [3.05, 3.63) is 0 Å². The first kappa shape index (κ1) is 35.0. The third-order valence-electron chi connectivity index (χ3n) is 5.78. The predicted octanol–water partition coefficient (Wildman–Crippen LogP) is -2.40. The van der Waals surface area contributed by atoms with E-state index in [1.165, 1.54) is 4.72 Å². The lowest BCUT2D eigenvalue weighted by atomic mass is 10.0. The number of Topliss-reactive ketones (excluding diaryl/α,β-unsaturated/α-hetero) is 1. The van der Waals surface area contributed by atoms with E-state index in [4.69, 9.17) is 0 Å². The Bertz CT molecular complexity index is 785. The van der Waals surface area contributed by atoms with Gasteiger partial charge in [0.15, 0.2) is 0 Å². The lowest BCUT2D eigenvalue weighted by Gasteiger charge is -2.18. The van der Waals surface area contributed by atoms with Gasteiger partial charge in [-0.2, -0.15) is 0 Å². The van der Waals surface area contributed by atoms with Crippen molar-refractivity contribution in [2.24, 2.45) is 5.92 Å². The number of amides is 6. The fraction of sp³-hybridized carbons (Fsp3) is 0.739. The zero-order valence-electron chi connectivity index (χ0n) is 23.7. The number of nitrogens with one attached hydrogen (secondary N) is 5. The van der Waals surface area contributed by atoms with Crippen LogP contribution in [0.15, 0.2) is 0 Å². The molecule has 0 aliphatic rings. The Labute approximate surface area is 229 Å². The number of hydrogen-bond donors (Lipinski definition) is 5. The summed E-state index contributed by atoms with van der Waals surface area (Å²) in [4.78, 5) is 72.2. The van der Waals surface area contributed by atoms with Crippen molar-refractivity contribution in [1.82, 2.24) is 31.2 Å². The second-order valence-electron chi connectivity index (χ2n) is 9.76. The van der Waals surface area contributed by atoms with E-state index in [0.717, 1.165) is 0 Å². The van der Waals surface area contributed by atoms with Crippen LogP contribution in [0.1, 0.15) is 78.1 Å². The number of hydrogen-bond acceptors (Lipinski definition) is 6. The average Bonchev–Trinajstić information content (AvgIpc) is 2.87. The van der Waals surface area contributed by atoms with Gasteiger partial charge >= 0.3 is 0 Å². The Hall–Kier alpha value is -2.99. The van der Waals surface area contributed by atoms with Gasteiger partial charge in [-0.3, -0.25) is 28.8 Å². The summed E-state index contributed by atoms with van der Waals surface area (Å²) in [5.41, 5.74) is 0. The summed E-state index contributed by atoms with van der Waals surface area (Å²) in [6.07, 6.45) is 4.30. The van der Waals surface area contributed by atoms with Gasteiger partial charge in [0.1, 0.15) is 11.8 Å². The van der Waals surface area contributed by atoms with Crippen LogP contribution in [0.4, 0.5) is 4.79 Å². The normalized spacial score (nSPS) is 11.2. The summed E-state index contributed by atoms with van der Waals surface area (Å²) in [6.45, 7) is 4.86. The molecular weight excluding hydrogens is 489 g/mol. The largest absolute Gasteiger partial charge is 0.425 e. The van der Waals surface area contributed by atoms with E-state index in [2.05, 4.69) is 26.5 Å². The molecule has 0 aliphatic carbocycles. The number of carbonyl (C=O) groups is 6. The number of unbranched alkanes of at least 4 members (excludes halogenated alkanes) is 3. The van der Waals surface area contributed by atoms with Crippen LogP contribution in [-0.2, 0) is 24.0 Å². The first-order valence-electron chi connectivity index (χ1n) is 13.5. The molecule has 5 N–H and O–H groups in total. The molecule has 0 heterocycles. The molecule has 212 valence electrons. The van der Waals surface area contributed by atoms with Crippen LogP contribution in [-0.4, -0.2) is 89.8 Å². The Kier molecular flexibility index (Phi) is 19.4. The topological polar surface area (TPSA) is 166 Å². The highest BCUT2D eigenvalue weighted by atomic mass is 16.2. The van der Waals surface area contributed by atoms with Crippen molar-refractivity contribution in [3.63, 3.8) is 0 Å². The molecule has 0 saturated heterocycles. The lowest BCUT2D eigenvalue weighted by molar-refractivity contribution is -0.132. The van der Waals surface area contributed by atoms with Crippen molar-refractivity contribution in [2.45, 2.75) is 84.1 Å². The maximum atomic E-state index is 12.7. The third kappa shape index (κ3) is 18.3. The van der Waals surface area contributed by atoms with Gasteiger partial charge in [-0.25, -0.2) is 0 Å². The first-order chi connectivity index (χ1) is 18.0. The summed E-state index contributed by atoms with van der Waals surface area (Å²) in [6, 6.07) is -1.21. The molecular formula is C23H45B3N6O6. The molecule has 6 amide bonds. The minimum absolute atomic E-state index is 0.0384. The zero-order valence-corrected chi connectivity index (χ0v) is 23.7. The molecule has 0 saturated carbocycles. The molecule has 0 aliphatic heterocycles. The van der Waals surface area contributed by atoms with Crippen LogP contribution in [0.5, 0.6) is 0 Å². The number of urea groups is 1. The monoisotopic (exact) mass is 534 g/mol. The van der Waals surface area contributed by atoms with E-state index >= 15 is 0 Å². The molecule has 1 atom stereocenters. The second kappa shape index (κ2) is 21.0. The van der Waals surface area contributed by atoms with E-state index in [1.807, 2.05) is 13.8 Å². The number of carbonyl (C=O) groups excluding carboxylic acids is 6. The van der Waals surface area contributed by atoms with E-state index < -0.39 is 11.9 Å². The molecule has 0 bridgehead atoms. The fourth-order valence-electron chi connectivity index (χ4n) is 3.31. The van der Waals surface area contributed by atoms with Crippen LogP contribution < -0.4 is 26.5 Å². The number of ketones is 1. The molecule has 0 aromatic carbocycles. The number of rotatable bonds is 20. The highest BCUT2D eigenvalue weighted by Gasteiger charge is 2.23. The minimum atomic E-state index is -1.03. The van der Waals surface area contributed by atoms with Gasteiger partial charge in [-0.15, -0.1) is 0 Å². The van der Waals surface area contributed by atoms with Crippen LogP contribution >= 0.6 is 0 Å². The van der Waals surface area contributed by atoms with Crippen LogP contribution in [0.2, 0.25) is 0 Å².